The number of rotatable bonds is 5. The van der Waals surface area contributed by atoms with E-state index in [-0.39, 0.29) is 12.4 Å². The van der Waals surface area contributed by atoms with Crippen molar-refractivity contribution in [2.45, 2.75) is 20.1 Å². The van der Waals surface area contributed by atoms with Crippen LogP contribution in [0.1, 0.15) is 12.7 Å². The minimum absolute atomic E-state index is 0. The third-order valence-corrected chi connectivity index (χ3v) is 3.48. The van der Waals surface area contributed by atoms with Crippen LogP contribution in [0.5, 0.6) is 0 Å². The third-order valence-electron chi connectivity index (χ3n) is 3.48. The van der Waals surface area contributed by atoms with Crippen molar-refractivity contribution in [3.63, 3.8) is 0 Å². The summed E-state index contributed by atoms with van der Waals surface area (Å²) in [6.07, 6.45) is 0. The van der Waals surface area contributed by atoms with Gasteiger partial charge in [0.1, 0.15) is 17.9 Å². The lowest BCUT2D eigenvalue weighted by Gasteiger charge is -2.09. The molecule has 0 unspecified atom stereocenters. The summed E-state index contributed by atoms with van der Waals surface area (Å²) >= 11 is 0. The van der Waals surface area contributed by atoms with E-state index >= 15 is 0 Å². The number of imidazole rings is 1. The maximum absolute atomic E-state index is 6.07. The number of pyridine rings is 1. The van der Waals surface area contributed by atoms with E-state index in [1.807, 2.05) is 31.2 Å². The number of nitrogens with two attached hydrogens (primary N) is 2. The Kier molecular flexibility index (Phi) is 5.18. The number of hydrogen-bond donors (Lipinski definition) is 2. The fraction of sp³-hybridized carbons (Fsp3) is 0.333. The summed E-state index contributed by atoms with van der Waals surface area (Å²) in [5.41, 5.74) is 14.4. The molecule has 3 rings (SSSR count). The van der Waals surface area contributed by atoms with Crippen LogP contribution in [0, 0.1) is 0 Å². The second-order valence-electron chi connectivity index (χ2n) is 4.82. The highest BCUT2D eigenvalue weighted by atomic mass is 35.5. The van der Waals surface area contributed by atoms with Gasteiger partial charge in [-0.2, -0.15) is 0 Å². The molecule has 22 heavy (non-hydrogen) atoms. The Bertz CT molecular complexity index is 786. The molecule has 0 radical (unpaired) electrons. The quantitative estimate of drug-likeness (QED) is 0.750. The molecular formula is C15H20ClN5O. The summed E-state index contributed by atoms with van der Waals surface area (Å²) in [5.74, 6) is 1.28. The molecule has 118 valence electrons. The number of nitrogens with zero attached hydrogens (tertiary/aromatic N) is 3. The first-order valence-corrected chi connectivity index (χ1v) is 7.07. The summed E-state index contributed by atoms with van der Waals surface area (Å²) in [4.78, 5) is 9.04. The smallest absolute Gasteiger partial charge is 0.152 e. The largest absolute Gasteiger partial charge is 0.382 e. The summed E-state index contributed by atoms with van der Waals surface area (Å²) in [6, 6.07) is 7.92. The maximum atomic E-state index is 6.07. The van der Waals surface area contributed by atoms with Gasteiger partial charge in [-0.05, 0) is 13.0 Å². The van der Waals surface area contributed by atoms with Crippen LogP contribution in [-0.2, 0) is 17.9 Å². The maximum Gasteiger partial charge on any atom is 0.152 e. The van der Waals surface area contributed by atoms with E-state index in [1.165, 1.54) is 0 Å². The van der Waals surface area contributed by atoms with Gasteiger partial charge < -0.3 is 20.8 Å². The number of hydrogen-bond acceptors (Lipinski definition) is 5. The molecule has 6 nitrogen and oxygen atoms in total. The van der Waals surface area contributed by atoms with E-state index < -0.39 is 0 Å². The Morgan fingerprint density at radius 3 is 2.73 bits per heavy atom. The minimum atomic E-state index is 0. The summed E-state index contributed by atoms with van der Waals surface area (Å²) < 4.78 is 7.59. The number of benzene rings is 1. The molecule has 0 spiro atoms. The highest BCUT2D eigenvalue weighted by Gasteiger charge is 2.16. The molecule has 0 aliphatic carbocycles. The molecule has 4 N–H and O–H groups in total. The Morgan fingerprint density at radius 2 is 2.00 bits per heavy atom. The fourth-order valence-electron chi connectivity index (χ4n) is 2.58. The zero-order valence-electron chi connectivity index (χ0n) is 12.5. The number of anilines is 1. The number of aromatic nitrogens is 3. The van der Waals surface area contributed by atoms with Gasteiger partial charge in [-0.25, -0.2) is 9.97 Å². The van der Waals surface area contributed by atoms with Crippen LogP contribution in [0.2, 0.25) is 0 Å². The predicted molar refractivity (Wildman–Crippen MR) is 91.1 cm³/mol. The topological polar surface area (TPSA) is 92.0 Å². The zero-order chi connectivity index (χ0) is 14.8. The van der Waals surface area contributed by atoms with Gasteiger partial charge in [0.25, 0.3) is 0 Å². The lowest BCUT2D eigenvalue weighted by Crippen LogP contribution is -2.13. The van der Waals surface area contributed by atoms with Crippen LogP contribution >= 0.6 is 12.4 Å². The molecule has 7 heteroatoms. The van der Waals surface area contributed by atoms with Crippen molar-refractivity contribution in [1.82, 2.24) is 14.5 Å². The Labute approximate surface area is 134 Å². The second-order valence-corrected chi connectivity index (χ2v) is 4.82. The van der Waals surface area contributed by atoms with Crippen LogP contribution in [0.25, 0.3) is 21.9 Å². The number of para-hydroxylation sites is 1. The highest BCUT2D eigenvalue weighted by molar-refractivity contribution is 6.06. The van der Waals surface area contributed by atoms with E-state index in [4.69, 9.17) is 16.2 Å². The Balaban J connectivity index is 0.00000176. The molecule has 0 fully saturated rings. The standard InChI is InChI=1S/C15H19N5O.ClH/c1-2-21-9-12-19-13-14(20(12)8-7-16)10-5-3-4-6-11(10)18-15(13)17;/h3-6H,2,7-9,16H2,1H3,(H2,17,18);1H. The molecule has 0 atom stereocenters. The normalized spacial score (nSPS) is 11.0. The molecule has 0 saturated carbocycles. The van der Waals surface area contributed by atoms with Crippen molar-refractivity contribution in [2.24, 2.45) is 5.73 Å². The average Bonchev–Trinajstić information content (AvgIpc) is 2.85. The second kappa shape index (κ2) is 6.91. The van der Waals surface area contributed by atoms with Gasteiger partial charge in [-0.3, -0.25) is 0 Å². The van der Waals surface area contributed by atoms with Gasteiger partial charge in [0.15, 0.2) is 5.82 Å². The molecule has 0 aliphatic heterocycles. The van der Waals surface area contributed by atoms with Crippen LogP contribution < -0.4 is 11.5 Å². The van der Waals surface area contributed by atoms with Crippen molar-refractivity contribution in [3.05, 3.63) is 30.1 Å². The Morgan fingerprint density at radius 1 is 1.23 bits per heavy atom. The van der Waals surface area contributed by atoms with Crippen molar-refractivity contribution in [3.8, 4) is 0 Å². The van der Waals surface area contributed by atoms with Crippen molar-refractivity contribution >= 4 is 40.2 Å². The fourth-order valence-corrected chi connectivity index (χ4v) is 2.58. The van der Waals surface area contributed by atoms with Crippen molar-refractivity contribution in [1.29, 1.82) is 0 Å². The molecule has 0 bridgehead atoms. The monoisotopic (exact) mass is 321 g/mol. The summed E-state index contributed by atoms with van der Waals surface area (Å²) in [7, 11) is 0. The van der Waals surface area contributed by atoms with E-state index in [2.05, 4.69) is 14.5 Å². The first-order valence-electron chi connectivity index (χ1n) is 7.07. The number of nitrogen functional groups attached to an aromatic ring is 1. The number of fused-ring (bicyclic) bond motifs is 3. The van der Waals surface area contributed by atoms with Crippen LogP contribution in [-0.4, -0.2) is 27.7 Å². The Hall–Kier alpha value is -1.89. The van der Waals surface area contributed by atoms with Gasteiger partial charge in [0.2, 0.25) is 0 Å². The predicted octanol–water partition coefficient (Wildman–Crippen LogP) is 2.08. The zero-order valence-corrected chi connectivity index (χ0v) is 13.3. The van der Waals surface area contributed by atoms with E-state index in [9.17, 15) is 0 Å². The summed E-state index contributed by atoms with van der Waals surface area (Å²) in [5, 5.41) is 1.03. The number of ether oxygens (including phenoxy) is 1. The van der Waals surface area contributed by atoms with Gasteiger partial charge in [-0.1, -0.05) is 18.2 Å². The lowest BCUT2D eigenvalue weighted by molar-refractivity contribution is 0.126. The highest BCUT2D eigenvalue weighted by Crippen LogP contribution is 2.28. The minimum Gasteiger partial charge on any atom is -0.382 e. The van der Waals surface area contributed by atoms with E-state index in [1.54, 1.807) is 0 Å². The van der Waals surface area contributed by atoms with Gasteiger partial charge in [0.05, 0.1) is 11.0 Å². The van der Waals surface area contributed by atoms with Gasteiger partial charge in [0, 0.05) is 25.1 Å². The lowest BCUT2D eigenvalue weighted by atomic mass is 10.2. The molecule has 0 amide bonds. The van der Waals surface area contributed by atoms with Gasteiger partial charge in [-0.15, -0.1) is 12.4 Å². The molecule has 0 aliphatic rings. The average molecular weight is 322 g/mol. The van der Waals surface area contributed by atoms with E-state index in [0.717, 1.165) is 27.8 Å². The van der Waals surface area contributed by atoms with Crippen LogP contribution in [0.4, 0.5) is 5.82 Å². The molecule has 3 aromatic rings. The first-order chi connectivity index (χ1) is 10.3. The molecule has 2 aromatic heterocycles. The van der Waals surface area contributed by atoms with Crippen LogP contribution in [0.15, 0.2) is 24.3 Å². The summed E-state index contributed by atoms with van der Waals surface area (Å²) in [6.45, 7) is 4.24. The van der Waals surface area contributed by atoms with Crippen molar-refractivity contribution in [2.75, 3.05) is 18.9 Å². The molecule has 1 aromatic carbocycles. The molecular weight excluding hydrogens is 302 g/mol. The molecule has 2 heterocycles. The molecule has 0 saturated heterocycles. The van der Waals surface area contributed by atoms with Gasteiger partial charge >= 0.3 is 0 Å². The van der Waals surface area contributed by atoms with E-state index in [0.29, 0.717) is 32.1 Å². The number of halogens is 1. The van der Waals surface area contributed by atoms with Crippen LogP contribution in [0.3, 0.4) is 0 Å². The van der Waals surface area contributed by atoms with Crippen molar-refractivity contribution < 1.29 is 4.74 Å². The third kappa shape index (κ3) is 2.72. The SMILES string of the molecule is CCOCc1nc2c(N)nc3ccccc3c2n1CCN.Cl. The first kappa shape index (κ1) is 16.5.